The van der Waals surface area contributed by atoms with Crippen molar-refractivity contribution in [3.63, 3.8) is 0 Å². The van der Waals surface area contributed by atoms with Crippen LogP contribution in [-0.4, -0.2) is 48.9 Å². The average Bonchev–Trinajstić information content (AvgIpc) is 3.39. The molecule has 1 fully saturated rings. The molecule has 3 aromatic rings. The second kappa shape index (κ2) is 11.5. The second-order valence-electron chi connectivity index (χ2n) is 8.36. The quantitative estimate of drug-likeness (QED) is 0.484. The number of carbonyl (C=O) groups excluding carboxylic acids is 2. The number of amides is 2. The first-order valence-corrected chi connectivity index (χ1v) is 12.7. The van der Waals surface area contributed by atoms with Gasteiger partial charge in [0.2, 0.25) is 0 Å². The molecule has 178 valence electrons. The van der Waals surface area contributed by atoms with Gasteiger partial charge in [-0.2, -0.15) is 0 Å². The van der Waals surface area contributed by atoms with Crippen LogP contribution in [0, 0.1) is 0 Å². The van der Waals surface area contributed by atoms with Crippen LogP contribution < -0.4 is 15.5 Å². The number of para-hydroxylation sites is 1. The van der Waals surface area contributed by atoms with Crippen LogP contribution in [0.2, 0.25) is 5.02 Å². The van der Waals surface area contributed by atoms with Gasteiger partial charge in [-0.25, -0.2) is 0 Å². The van der Waals surface area contributed by atoms with E-state index >= 15 is 0 Å². The minimum atomic E-state index is -0.661. The van der Waals surface area contributed by atoms with Gasteiger partial charge in [0.05, 0.1) is 6.04 Å². The molecular weight excluding hydrogens is 468 g/mol. The molecule has 0 aliphatic carbocycles. The number of halogens is 1. The summed E-state index contributed by atoms with van der Waals surface area (Å²) in [7, 11) is 0. The molecule has 4 rings (SSSR count). The van der Waals surface area contributed by atoms with Crippen LogP contribution in [0.3, 0.4) is 0 Å². The Kier molecular flexibility index (Phi) is 8.21. The smallest absolute Gasteiger partial charge is 0.309 e. The Balaban J connectivity index is 1.37. The van der Waals surface area contributed by atoms with Gasteiger partial charge in [0.15, 0.2) is 0 Å². The summed E-state index contributed by atoms with van der Waals surface area (Å²) in [6.45, 7) is 5.73. The van der Waals surface area contributed by atoms with E-state index < -0.39 is 11.8 Å². The number of anilines is 1. The Morgan fingerprint density at radius 3 is 2.32 bits per heavy atom. The Bertz CT molecular complexity index is 1090. The summed E-state index contributed by atoms with van der Waals surface area (Å²) in [5, 5.41) is 8.20. The third kappa shape index (κ3) is 5.97. The predicted octanol–water partition coefficient (Wildman–Crippen LogP) is 4.09. The topological polar surface area (TPSA) is 64.7 Å². The molecule has 1 saturated heterocycles. The van der Waals surface area contributed by atoms with E-state index in [1.807, 2.05) is 42.6 Å². The average molecular weight is 497 g/mol. The molecule has 0 bridgehead atoms. The monoisotopic (exact) mass is 496 g/mol. The summed E-state index contributed by atoms with van der Waals surface area (Å²) < 4.78 is 0. The molecule has 0 saturated carbocycles. The first-order valence-electron chi connectivity index (χ1n) is 11.4. The van der Waals surface area contributed by atoms with Gasteiger partial charge < -0.3 is 15.5 Å². The number of nitrogens with one attached hydrogen (secondary N) is 2. The molecule has 1 aliphatic rings. The molecule has 0 radical (unpaired) electrons. The van der Waals surface area contributed by atoms with Crippen molar-refractivity contribution < 1.29 is 9.59 Å². The Labute approximate surface area is 209 Å². The van der Waals surface area contributed by atoms with Crippen molar-refractivity contribution in [2.75, 3.05) is 31.1 Å². The number of piperazine rings is 1. The molecule has 34 heavy (non-hydrogen) atoms. The number of rotatable bonds is 7. The fraction of sp³-hybridized carbons (Fsp3) is 0.308. The highest BCUT2D eigenvalue weighted by atomic mass is 35.5. The lowest BCUT2D eigenvalue weighted by Crippen LogP contribution is -2.53. The predicted molar refractivity (Wildman–Crippen MR) is 138 cm³/mol. The van der Waals surface area contributed by atoms with Crippen LogP contribution >= 0.6 is 22.9 Å². The van der Waals surface area contributed by atoms with Crippen molar-refractivity contribution in [2.24, 2.45) is 0 Å². The van der Waals surface area contributed by atoms with Gasteiger partial charge in [0.25, 0.3) is 0 Å². The fourth-order valence-corrected chi connectivity index (χ4v) is 5.51. The second-order valence-corrected chi connectivity index (χ2v) is 9.74. The first-order chi connectivity index (χ1) is 16.5. The number of carbonyl (C=O) groups is 2. The van der Waals surface area contributed by atoms with Gasteiger partial charge >= 0.3 is 11.8 Å². The molecule has 2 amide bonds. The van der Waals surface area contributed by atoms with Crippen LogP contribution in [0.15, 0.2) is 72.1 Å². The molecule has 0 spiro atoms. The van der Waals surface area contributed by atoms with E-state index in [1.54, 1.807) is 17.4 Å². The molecular formula is C26H29ClN4O2S. The van der Waals surface area contributed by atoms with E-state index in [0.717, 1.165) is 31.7 Å². The van der Waals surface area contributed by atoms with Gasteiger partial charge in [0.1, 0.15) is 0 Å². The summed E-state index contributed by atoms with van der Waals surface area (Å²) in [6.07, 6.45) is 0. The lowest BCUT2D eigenvalue weighted by molar-refractivity contribution is -0.140. The molecule has 1 aromatic heterocycles. The van der Waals surface area contributed by atoms with E-state index in [4.69, 9.17) is 11.6 Å². The molecule has 1 aliphatic heterocycles. The number of hydrogen-bond donors (Lipinski definition) is 2. The van der Waals surface area contributed by atoms with E-state index in [1.165, 1.54) is 10.6 Å². The maximum atomic E-state index is 12.7. The minimum Gasteiger partial charge on any atom is -0.369 e. The largest absolute Gasteiger partial charge is 0.369 e. The molecule has 2 heterocycles. The third-order valence-electron chi connectivity index (χ3n) is 6.10. The maximum Gasteiger partial charge on any atom is 0.309 e. The number of benzene rings is 2. The van der Waals surface area contributed by atoms with Crippen molar-refractivity contribution >= 4 is 40.4 Å². The van der Waals surface area contributed by atoms with Crippen LogP contribution in [0.4, 0.5) is 5.69 Å². The number of hydrogen-bond acceptors (Lipinski definition) is 5. The molecule has 2 aromatic carbocycles. The number of nitrogens with zero attached hydrogens (tertiary/aromatic N) is 2. The summed E-state index contributed by atoms with van der Waals surface area (Å²) in [5.41, 5.74) is 2.00. The van der Waals surface area contributed by atoms with Crippen LogP contribution in [0.5, 0.6) is 0 Å². The van der Waals surface area contributed by atoms with Gasteiger partial charge in [-0.05, 0) is 42.1 Å². The highest BCUT2D eigenvalue weighted by molar-refractivity contribution is 7.10. The summed E-state index contributed by atoms with van der Waals surface area (Å²) >= 11 is 7.82. The summed E-state index contributed by atoms with van der Waals surface area (Å²) in [5.74, 6) is -1.30. The molecule has 2 N–H and O–H groups in total. The zero-order chi connectivity index (χ0) is 23.9. The van der Waals surface area contributed by atoms with E-state index in [2.05, 4.69) is 50.8 Å². The molecule has 2 atom stereocenters. The normalized spacial score (nSPS) is 16.0. The lowest BCUT2D eigenvalue weighted by atomic mass is 10.0. The summed E-state index contributed by atoms with van der Waals surface area (Å²) in [6, 6.07) is 21.6. The SMILES string of the molecule is C[C@@H](NC(=O)C(=O)NCc1ccccc1Cl)[C@H](c1cccs1)N1CCN(c2ccccc2)CC1. The molecule has 8 heteroatoms. The summed E-state index contributed by atoms with van der Waals surface area (Å²) in [4.78, 5) is 31.1. The Morgan fingerprint density at radius 1 is 0.941 bits per heavy atom. The highest BCUT2D eigenvalue weighted by Gasteiger charge is 2.31. The standard InChI is InChI=1S/C26H29ClN4O2S/c1-19(29-26(33)25(32)28-18-20-8-5-6-11-22(20)27)24(23-12-7-17-34-23)31-15-13-30(14-16-31)21-9-3-2-4-10-21/h2-12,17,19,24H,13-16,18H2,1H3,(H,28,32)(H,29,33)/t19-,24-/m1/s1. The van der Waals surface area contributed by atoms with Crippen LogP contribution in [-0.2, 0) is 16.1 Å². The minimum absolute atomic E-state index is 0.00163. The zero-order valence-electron chi connectivity index (χ0n) is 19.1. The Morgan fingerprint density at radius 2 is 1.65 bits per heavy atom. The van der Waals surface area contributed by atoms with Gasteiger partial charge in [-0.15, -0.1) is 11.3 Å². The van der Waals surface area contributed by atoms with Gasteiger partial charge in [-0.1, -0.05) is 54.1 Å². The number of thiophene rings is 1. The van der Waals surface area contributed by atoms with Gasteiger partial charge in [0, 0.05) is 54.4 Å². The maximum absolute atomic E-state index is 12.7. The highest BCUT2D eigenvalue weighted by Crippen LogP contribution is 2.30. The lowest BCUT2D eigenvalue weighted by Gasteiger charge is -2.42. The van der Waals surface area contributed by atoms with Crippen LogP contribution in [0.1, 0.15) is 23.4 Å². The van der Waals surface area contributed by atoms with Crippen molar-refractivity contribution in [3.8, 4) is 0 Å². The Hall–Kier alpha value is -2.87. The van der Waals surface area contributed by atoms with Crippen molar-refractivity contribution in [1.82, 2.24) is 15.5 Å². The zero-order valence-corrected chi connectivity index (χ0v) is 20.7. The van der Waals surface area contributed by atoms with Crippen molar-refractivity contribution in [1.29, 1.82) is 0 Å². The molecule has 0 unspecified atom stereocenters. The van der Waals surface area contributed by atoms with Crippen LogP contribution in [0.25, 0.3) is 0 Å². The van der Waals surface area contributed by atoms with Crippen molar-refractivity contribution in [2.45, 2.75) is 25.6 Å². The third-order valence-corrected chi connectivity index (χ3v) is 7.41. The fourth-order valence-electron chi connectivity index (χ4n) is 4.35. The van der Waals surface area contributed by atoms with E-state index in [9.17, 15) is 9.59 Å². The van der Waals surface area contributed by atoms with Gasteiger partial charge in [-0.3, -0.25) is 14.5 Å². The first kappa shape index (κ1) is 24.3. The van der Waals surface area contributed by atoms with E-state index in [0.29, 0.717) is 5.02 Å². The van der Waals surface area contributed by atoms with Crippen molar-refractivity contribution in [3.05, 3.63) is 87.6 Å². The van der Waals surface area contributed by atoms with E-state index in [-0.39, 0.29) is 18.6 Å². The molecule has 6 nitrogen and oxygen atoms in total.